The van der Waals surface area contributed by atoms with Crippen LogP contribution >= 0.6 is 23.2 Å². The third-order valence-corrected chi connectivity index (χ3v) is 11.0. The third kappa shape index (κ3) is 32.0. The molecule has 88 heavy (non-hydrogen) atoms. The van der Waals surface area contributed by atoms with Gasteiger partial charge in [-0.3, -0.25) is 50.3 Å². The van der Waals surface area contributed by atoms with Gasteiger partial charge in [0.25, 0.3) is 0 Å². The summed E-state index contributed by atoms with van der Waals surface area (Å²) in [7, 11) is 0. The molecule has 9 rings (SSSR count). The maximum Gasteiger partial charge on any atom is 2.00 e. The van der Waals surface area contributed by atoms with Crippen LogP contribution in [0.2, 0.25) is 10.0 Å². The van der Waals surface area contributed by atoms with E-state index >= 15 is 0 Å². The van der Waals surface area contributed by atoms with Crippen molar-refractivity contribution in [3.05, 3.63) is 204 Å². The summed E-state index contributed by atoms with van der Waals surface area (Å²) >= 11 is 11.0. The van der Waals surface area contributed by atoms with Crippen LogP contribution in [0.5, 0.6) is 5.75 Å². The molecule has 462 valence electrons. The Hall–Kier alpha value is -5.18. The molecule has 8 aromatic rings. The summed E-state index contributed by atoms with van der Waals surface area (Å²) in [4.78, 5) is 48.4. The van der Waals surface area contributed by atoms with E-state index < -0.39 is 0 Å². The van der Waals surface area contributed by atoms with Gasteiger partial charge in [-0.2, -0.15) is 100 Å². The second-order valence-corrected chi connectivity index (χ2v) is 18.6. The van der Waals surface area contributed by atoms with E-state index in [9.17, 15) is 19.2 Å². The number of likely N-dealkylation sites (N-methyl/N-ethyl adjacent to an activating group) is 3. The van der Waals surface area contributed by atoms with Crippen molar-refractivity contribution in [1.82, 2.24) is 36.7 Å². The average molecular weight is 1550 g/mol. The molecule has 0 spiro atoms. The van der Waals surface area contributed by atoms with E-state index in [0.717, 1.165) is 60.4 Å². The van der Waals surface area contributed by atoms with Crippen molar-refractivity contribution < 1.29 is 133 Å². The van der Waals surface area contributed by atoms with E-state index in [1.807, 2.05) is 106 Å². The maximum absolute atomic E-state index is 11.8. The SMILES string of the molecule is CCNC(=O)Cc1nocc1-c1[c-]cc[c-]c1.CCNC(=O)Cc1onc(C)c1-c1c[c-]c(OC(C)C)cc1.C[CH-]C.C[CH-]C.Clc1cc[c-]cc1.Clc1cc[c-]cc1.[CH2-]CN1C(=O)NCc2cc(-c3conc3CC(=O)NCC)[c-]cc21.[V+2].[V+2].[V+2].[V+2].[W]. The summed E-state index contributed by atoms with van der Waals surface area (Å²) in [5.41, 5.74) is 8.55. The third-order valence-electron chi connectivity index (χ3n) is 10.5. The van der Waals surface area contributed by atoms with Gasteiger partial charge in [-0.25, -0.2) is 4.79 Å². The molecule has 0 bridgehead atoms. The van der Waals surface area contributed by atoms with Crippen molar-refractivity contribution in [3.63, 3.8) is 0 Å². The first-order valence-corrected chi connectivity index (χ1v) is 27.6. The molecule has 16 nitrogen and oxygen atoms in total. The Morgan fingerprint density at radius 2 is 1.19 bits per heavy atom. The number of amides is 5. The van der Waals surface area contributed by atoms with Gasteiger partial charge in [-0.1, -0.05) is 36.6 Å². The molecule has 0 saturated carbocycles. The molecule has 4 N–H and O–H groups in total. The van der Waals surface area contributed by atoms with Crippen LogP contribution in [-0.4, -0.2) is 71.5 Å². The Morgan fingerprint density at radius 1 is 0.693 bits per heavy atom. The first-order chi connectivity index (χ1) is 40.1. The number of ether oxygens (including phenoxy) is 1. The van der Waals surface area contributed by atoms with Gasteiger partial charge in [-0.15, -0.1) is 71.2 Å². The Bertz CT molecular complexity index is 3090. The van der Waals surface area contributed by atoms with Crippen molar-refractivity contribution in [1.29, 1.82) is 0 Å². The van der Waals surface area contributed by atoms with Crippen LogP contribution in [0.4, 0.5) is 10.5 Å². The molecular weight excluding hydrogens is 1480 g/mol. The largest absolute Gasteiger partial charge is 2.00 e. The fourth-order valence-electron chi connectivity index (χ4n) is 7.16. The van der Waals surface area contributed by atoms with Gasteiger partial charge in [0.15, 0.2) is 0 Å². The molecule has 3 aromatic heterocycles. The van der Waals surface area contributed by atoms with Crippen molar-refractivity contribution in [3.8, 4) is 39.1 Å². The molecule has 5 aromatic carbocycles. The molecule has 0 saturated heterocycles. The average Bonchev–Trinajstić information content (AvgIpc) is 2.36. The quantitative estimate of drug-likeness (QED) is 0.0710. The van der Waals surface area contributed by atoms with E-state index in [0.29, 0.717) is 55.6 Å². The molecule has 0 atom stereocenters. The number of benzene rings is 5. The van der Waals surface area contributed by atoms with Gasteiger partial charge in [0.1, 0.15) is 5.76 Å². The monoisotopic (exact) mass is 1550 g/mol. The van der Waals surface area contributed by atoms with Crippen LogP contribution in [0.1, 0.15) is 90.7 Å². The number of halogens is 2. The predicted molar refractivity (Wildman–Crippen MR) is 326 cm³/mol. The molecular formula is C65H73Cl2N8O8V4W-. The molecule has 0 aliphatic carbocycles. The molecule has 23 heteroatoms. The van der Waals surface area contributed by atoms with Gasteiger partial charge < -0.3 is 64.2 Å². The second kappa shape index (κ2) is 50.5. The fraction of sp³-hybridized carbons (Fsp3) is 0.292. The van der Waals surface area contributed by atoms with E-state index in [-0.39, 0.29) is 144 Å². The number of nitrogens with zero attached hydrogens (tertiary/aromatic N) is 4. The molecule has 5 amide bonds. The van der Waals surface area contributed by atoms with Gasteiger partial charge >= 0.3 is 80.3 Å². The minimum atomic E-state index is -0.166. The normalized spacial score (nSPS) is 10.1. The van der Waals surface area contributed by atoms with Crippen molar-refractivity contribution in [2.45, 2.75) is 101 Å². The van der Waals surface area contributed by atoms with Crippen molar-refractivity contribution in [2.24, 2.45) is 0 Å². The first kappa shape index (κ1) is 87.0. The van der Waals surface area contributed by atoms with Gasteiger partial charge in [0.05, 0.1) is 49.3 Å². The van der Waals surface area contributed by atoms with Gasteiger partial charge in [0, 0.05) is 58.7 Å². The number of aromatic nitrogens is 3. The van der Waals surface area contributed by atoms with E-state index in [1.165, 1.54) is 12.5 Å². The summed E-state index contributed by atoms with van der Waals surface area (Å²) < 4.78 is 20.8. The zero-order valence-corrected chi connectivity index (χ0v) is 61.0. The Labute approximate surface area is 592 Å². The topological polar surface area (TPSA) is 207 Å². The number of fused-ring (bicyclic) bond motifs is 1. The van der Waals surface area contributed by atoms with Gasteiger partial charge in [0.2, 0.25) is 17.7 Å². The zero-order chi connectivity index (χ0) is 60.9. The number of aryl methyl sites for hydroxylation is 1. The smallest absolute Gasteiger partial charge is 0.517 e. The van der Waals surface area contributed by atoms with Crippen molar-refractivity contribution >= 4 is 52.6 Å². The number of urea groups is 1. The zero-order valence-electron chi connectivity index (χ0n) is 51.0. The Morgan fingerprint density at radius 3 is 1.61 bits per heavy atom. The Kier molecular flexibility index (Phi) is 50.0. The van der Waals surface area contributed by atoms with Crippen LogP contribution in [0.25, 0.3) is 33.4 Å². The number of nitrogens with one attached hydrogen (secondary N) is 4. The summed E-state index contributed by atoms with van der Waals surface area (Å²) in [6.45, 7) is 25.7. The van der Waals surface area contributed by atoms with E-state index in [4.69, 9.17) is 41.5 Å². The van der Waals surface area contributed by atoms with Crippen LogP contribution in [0.3, 0.4) is 0 Å². The molecule has 4 heterocycles. The number of hydrogen-bond acceptors (Lipinski definition) is 11. The second-order valence-electron chi connectivity index (χ2n) is 17.8. The molecule has 0 fully saturated rings. The summed E-state index contributed by atoms with van der Waals surface area (Å²) in [6.07, 6.45) is 7.66. The number of anilines is 1. The number of rotatable bonds is 15. The van der Waals surface area contributed by atoms with Crippen LogP contribution < -0.4 is 30.9 Å². The number of carbonyl (C=O) groups is 4. The number of carbonyl (C=O) groups excluding carboxylic acids is 4. The summed E-state index contributed by atoms with van der Waals surface area (Å²) in [5, 5.41) is 24.3. The molecule has 1 aliphatic rings. The minimum Gasteiger partial charge on any atom is -0.517 e. The molecule has 1 aliphatic heterocycles. The fourth-order valence-corrected chi connectivity index (χ4v) is 7.41. The molecule has 0 unspecified atom stereocenters. The minimum absolute atomic E-state index is 0. The predicted octanol–water partition coefficient (Wildman–Crippen LogP) is 12.9. The van der Waals surface area contributed by atoms with Gasteiger partial charge in [-0.05, 0) is 58.4 Å². The standard InChI is InChI=1S/C17H18N4O3.C17H21N2O3.C13H12N2O2.2C6H4Cl.2C3H7.4V.W/c1-3-18-16(22)8-14-13(10-24-20-14)11-5-6-15-12(7-11)9-19-17(23)21(15)4-2;1-5-18-16(20)10-15-17(12(4)19-22-15)13-6-8-14(9-7-13)21-11(2)3;1-2-14-13(16)8-12-11(9-17-15-12)10-6-4-3-5-7-10;2*7-6-4-2-1-3-5-6;2*1-3-2;;;;;/h6-7,10H,2-4,8-9H2,1H3,(H,18,22)(H,19,23);6-8,11H,5,10H2,1-4H3,(H,18,20);3-4,7,9H,2,8H2,1H3,(H,14,16);2*2-5H;2*3H,1-2H3;;;;;/q-2;-1;-2;4*-1;4*+2;. The maximum atomic E-state index is 11.8. The first-order valence-electron chi connectivity index (χ1n) is 26.9. The molecule has 4 radical (unpaired) electrons. The summed E-state index contributed by atoms with van der Waals surface area (Å²) in [6, 6.07) is 46.7. The summed E-state index contributed by atoms with van der Waals surface area (Å²) in [5.74, 6) is 1.000. The van der Waals surface area contributed by atoms with E-state index in [2.05, 4.69) is 80.1 Å². The van der Waals surface area contributed by atoms with Crippen LogP contribution in [-0.2, 0) is 135 Å². The van der Waals surface area contributed by atoms with Crippen LogP contribution in [0, 0.1) is 63.1 Å². The Balaban J connectivity index is -0.00000104. The van der Waals surface area contributed by atoms with E-state index in [1.54, 1.807) is 77.7 Å². The number of hydrogen-bond donors (Lipinski definition) is 4. The van der Waals surface area contributed by atoms with Crippen LogP contribution in [0.15, 0.2) is 123 Å². The van der Waals surface area contributed by atoms with Crippen molar-refractivity contribution in [2.75, 3.05) is 31.1 Å².